The number of para-hydroxylation sites is 1. The number of nitrogens with zero attached hydrogens (tertiary/aromatic N) is 3. The lowest BCUT2D eigenvalue weighted by atomic mass is 10.2. The number of carbonyl (C=O) groups is 2. The summed E-state index contributed by atoms with van der Waals surface area (Å²) < 4.78 is 0.365. The van der Waals surface area contributed by atoms with Gasteiger partial charge in [0.05, 0.1) is 17.4 Å². The number of thioether (sulfide) groups is 1. The maximum atomic E-state index is 12.9. The van der Waals surface area contributed by atoms with Crippen molar-refractivity contribution in [3.8, 4) is 6.07 Å². The predicted molar refractivity (Wildman–Crippen MR) is 113 cm³/mol. The summed E-state index contributed by atoms with van der Waals surface area (Å²) in [5, 5.41) is 10.8. The summed E-state index contributed by atoms with van der Waals surface area (Å²) in [5.74, 6) is -0.537. The Morgan fingerprint density at radius 1 is 1.26 bits per heavy atom. The highest BCUT2D eigenvalue weighted by Crippen LogP contribution is 2.33. The van der Waals surface area contributed by atoms with Gasteiger partial charge in [0.15, 0.2) is 0 Å². The summed E-state index contributed by atoms with van der Waals surface area (Å²) in [7, 11) is 0. The molecule has 27 heavy (non-hydrogen) atoms. The molecule has 136 valence electrons. The maximum Gasteiger partial charge on any atom is 0.266 e. The van der Waals surface area contributed by atoms with Crippen molar-refractivity contribution in [1.29, 1.82) is 5.26 Å². The van der Waals surface area contributed by atoms with Gasteiger partial charge in [0.25, 0.3) is 5.91 Å². The van der Waals surface area contributed by atoms with E-state index in [4.69, 9.17) is 17.5 Å². The summed E-state index contributed by atoms with van der Waals surface area (Å²) >= 11 is 8.04. The molecule has 0 unspecified atom stereocenters. The monoisotopic (exact) mass is 413 g/mol. The van der Waals surface area contributed by atoms with E-state index >= 15 is 0 Å². The zero-order chi connectivity index (χ0) is 19.2. The van der Waals surface area contributed by atoms with Crippen LogP contribution in [-0.2, 0) is 9.59 Å². The molecule has 0 N–H and O–H groups in total. The highest BCUT2D eigenvalue weighted by atomic mass is 32.2. The number of anilines is 1. The SMILES string of the molecule is N#CCCN(C(=O)CN1C(=O)/C(=C\c2cccs2)SC1=S)c1ccccc1. The second-order valence-electron chi connectivity index (χ2n) is 5.57. The van der Waals surface area contributed by atoms with Gasteiger partial charge in [0, 0.05) is 17.1 Å². The van der Waals surface area contributed by atoms with Crippen LogP contribution in [-0.4, -0.2) is 34.1 Å². The number of thiocarbonyl (C=S) groups is 1. The van der Waals surface area contributed by atoms with Crippen LogP contribution in [0.2, 0.25) is 0 Å². The van der Waals surface area contributed by atoms with Crippen LogP contribution in [0.5, 0.6) is 0 Å². The number of hydrogen-bond acceptors (Lipinski definition) is 6. The standard InChI is InChI=1S/C19H15N3O2S3/c20-9-5-10-21(14-6-2-1-3-7-14)17(23)13-22-18(24)16(27-19(22)25)12-15-8-4-11-26-15/h1-4,6-8,11-12H,5,10,13H2/b16-12+. The van der Waals surface area contributed by atoms with Crippen molar-refractivity contribution >= 4 is 63.2 Å². The van der Waals surface area contributed by atoms with E-state index in [0.29, 0.717) is 14.9 Å². The Hall–Kier alpha value is -2.47. The van der Waals surface area contributed by atoms with E-state index in [9.17, 15) is 9.59 Å². The van der Waals surface area contributed by atoms with Crippen LogP contribution >= 0.6 is 35.3 Å². The van der Waals surface area contributed by atoms with Crippen molar-refractivity contribution in [2.45, 2.75) is 6.42 Å². The van der Waals surface area contributed by atoms with Gasteiger partial charge in [-0.2, -0.15) is 5.26 Å². The molecule has 0 atom stereocenters. The third kappa shape index (κ3) is 4.63. The number of benzene rings is 1. The van der Waals surface area contributed by atoms with E-state index in [1.807, 2.05) is 35.7 Å². The molecule has 0 aliphatic carbocycles. The number of carbonyl (C=O) groups excluding carboxylic acids is 2. The Labute approximate surface area is 170 Å². The largest absolute Gasteiger partial charge is 0.310 e. The van der Waals surface area contributed by atoms with E-state index in [1.165, 1.54) is 32.9 Å². The number of rotatable bonds is 6. The first-order valence-corrected chi connectivity index (χ1v) is 10.2. The smallest absolute Gasteiger partial charge is 0.266 e. The summed E-state index contributed by atoms with van der Waals surface area (Å²) in [4.78, 5) is 29.9. The average Bonchev–Trinajstić information content (AvgIpc) is 3.27. The van der Waals surface area contributed by atoms with E-state index < -0.39 is 0 Å². The average molecular weight is 414 g/mol. The van der Waals surface area contributed by atoms with Gasteiger partial charge in [-0.05, 0) is 29.7 Å². The van der Waals surface area contributed by atoms with E-state index in [-0.39, 0.29) is 31.3 Å². The number of amides is 2. The van der Waals surface area contributed by atoms with Crippen molar-refractivity contribution in [2.24, 2.45) is 0 Å². The van der Waals surface area contributed by atoms with Gasteiger partial charge in [0.2, 0.25) is 5.91 Å². The minimum absolute atomic E-state index is 0.146. The summed E-state index contributed by atoms with van der Waals surface area (Å²) in [6.07, 6.45) is 2.00. The third-order valence-electron chi connectivity index (χ3n) is 3.80. The van der Waals surface area contributed by atoms with Crippen LogP contribution in [0, 0.1) is 11.3 Å². The van der Waals surface area contributed by atoms with Gasteiger partial charge < -0.3 is 4.90 Å². The molecule has 8 heteroatoms. The molecule has 1 aliphatic rings. The zero-order valence-electron chi connectivity index (χ0n) is 14.2. The minimum Gasteiger partial charge on any atom is -0.310 e. The van der Waals surface area contributed by atoms with Gasteiger partial charge in [0.1, 0.15) is 10.9 Å². The molecule has 1 saturated heterocycles. The van der Waals surface area contributed by atoms with Gasteiger partial charge in [-0.25, -0.2) is 0 Å². The predicted octanol–water partition coefficient (Wildman–Crippen LogP) is 3.90. The van der Waals surface area contributed by atoms with Crippen molar-refractivity contribution < 1.29 is 9.59 Å². The molecule has 2 aromatic rings. The third-order valence-corrected chi connectivity index (χ3v) is 6.00. The quantitative estimate of drug-likeness (QED) is 0.531. The minimum atomic E-state index is -0.273. The molecular formula is C19H15N3O2S3. The van der Waals surface area contributed by atoms with Crippen molar-refractivity contribution in [1.82, 2.24) is 4.90 Å². The Bertz CT molecular complexity index is 917. The van der Waals surface area contributed by atoms with Crippen LogP contribution in [0.15, 0.2) is 52.7 Å². The van der Waals surface area contributed by atoms with Crippen LogP contribution < -0.4 is 4.90 Å². The highest BCUT2D eigenvalue weighted by molar-refractivity contribution is 8.26. The first-order chi connectivity index (χ1) is 13.1. The second kappa shape index (κ2) is 8.95. The fourth-order valence-corrected chi connectivity index (χ4v) is 4.50. The molecule has 1 aromatic heterocycles. The molecule has 0 bridgehead atoms. The van der Waals surface area contributed by atoms with Crippen LogP contribution in [0.3, 0.4) is 0 Å². The molecule has 3 rings (SSSR count). The fraction of sp³-hybridized carbons (Fsp3) is 0.158. The summed E-state index contributed by atoms with van der Waals surface area (Å²) in [6, 6.07) is 15.0. The Morgan fingerprint density at radius 3 is 2.70 bits per heavy atom. The molecule has 1 aromatic carbocycles. The van der Waals surface area contributed by atoms with Crippen LogP contribution in [0.4, 0.5) is 5.69 Å². The van der Waals surface area contributed by atoms with Gasteiger partial charge >= 0.3 is 0 Å². The molecule has 1 fully saturated rings. The van der Waals surface area contributed by atoms with Gasteiger partial charge in [-0.15, -0.1) is 11.3 Å². The molecular weight excluding hydrogens is 398 g/mol. The molecule has 5 nitrogen and oxygen atoms in total. The lowest BCUT2D eigenvalue weighted by Gasteiger charge is -2.24. The van der Waals surface area contributed by atoms with E-state index in [2.05, 4.69) is 6.07 Å². The molecule has 2 amide bonds. The highest BCUT2D eigenvalue weighted by Gasteiger charge is 2.34. The van der Waals surface area contributed by atoms with Gasteiger partial charge in [-0.1, -0.05) is 48.2 Å². The number of hydrogen-bond donors (Lipinski definition) is 0. The topological polar surface area (TPSA) is 64.4 Å². The van der Waals surface area contributed by atoms with Crippen molar-refractivity contribution in [3.05, 3.63) is 57.6 Å². The Kier molecular flexibility index (Phi) is 6.40. The molecule has 0 radical (unpaired) electrons. The normalized spacial score (nSPS) is 15.2. The first-order valence-electron chi connectivity index (χ1n) is 8.11. The van der Waals surface area contributed by atoms with E-state index in [1.54, 1.807) is 18.2 Å². The number of thiophene rings is 1. The maximum absolute atomic E-state index is 12.9. The second-order valence-corrected chi connectivity index (χ2v) is 8.23. The van der Waals surface area contributed by atoms with E-state index in [0.717, 1.165) is 4.88 Å². The molecule has 0 saturated carbocycles. The Morgan fingerprint density at radius 2 is 2.04 bits per heavy atom. The lowest BCUT2D eigenvalue weighted by Crippen LogP contribution is -2.42. The van der Waals surface area contributed by atoms with Gasteiger partial charge in [-0.3, -0.25) is 14.5 Å². The summed E-state index contributed by atoms with van der Waals surface area (Å²) in [6.45, 7) is 0.117. The zero-order valence-corrected chi connectivity index (χ0v) is 16.6. The van der Waals surface area contributed by atoms with Crippen molar-refractivity contribution in [3.63, 3.8) is 0 Å². The van der Waals surface area contributed by atoms with Crippen molar-refractivity contribution in [2.75, 3.05) is 18.0 Å². The Balaban J connectivity index is 1.76. The number of nitriles is 1. The summed E-state index contributed by atoms with van der Waals surface area (Å²) in [5.41, 5.74) is 0.692. The fourth-order valence-electron chi connectivity index (χ4n) is 2.53. The van der Waals surface area contributed by atoms with Crippen LogP contribution in [0.1, 0.15) is 11.3 Å². The molecule has 0 spiro atoms. The molecule has 2 heterocycles. The lowest BCUT2D eigenvalue weighted by molar-refractivity contribution is -0.127. The van der Waals surface area contributed by atoms with Crippen LogP contribution in [0.25, 0.3) is 6.08 Å². The first kappa shape index (κ1) is 19.3. The molecule has 1 aliphatic heterocycles.